The van der Waals surface area contributed by atoms with Gasteiger partial charge in [-0.25, -0.2) is 0 Å². The van der Waals surface area contributed by atoms with Crippen molar-refractivity contribution in [2.24, 2.45) is 0 Å². The highest BCUT2D eigenvalue weighted by Gasteiger charge is 2.27. The molecule has 1 saturated heterocycles. The summed E-state index contributed by atoms with van der Waals surface area (Å²) in [7, 11) is 0. The molecular weight excluding hydrogens is 280 g/mol. The first-order valence-electron chi connectivity index (χ1n) is 6.52. The molecule has 1 fully saturated rings. The van der Waals surface area contributed by atoms with Gasteiger partial charge >= 0.3 is 0 Å². The van der Waals surface area contributed by atoms with Crippen LogP contribution in [-0.4, -0.2) is 41.7 Å². The van der Waals surface area contributed by atoms with E-state index in [1.165, 1.54) is 11.8 Å². The van der Waals surface area contributed by atoms with Crippen molar-refractivity contribution in [3.8, 4) is 0 Å². The molecule has 1 heterocycles. The van der Waals surface area contributed by atoms with Gasteiger partial charge in [0.2, 0.25) is 5.91 Å². The first-order chi connectivity index (χ1) is 9.09. The minimum atomic E-state index is -0.111. The van der Waals surface area contributed by atoms with E-state index >= 15 is 0 Å². The van der Waals surface area contributed by atoms with Gasteiger partial charge in [0.15, 0.2) is 0 Å². The molecule has 1 amide bonds. The molecular formula is C14H19ClN2OS. The Labute approximate surface area is 123 Å². The zero-order valence-corrected chi connectivity index (χ0v) is 12.8. The van der Waals surface area contributed by atoms with Crippen LogP contribution in [0.2, 0.25) is 5.02 Å². The molecule has 1 aliphatic rings. The molecule has 0 spiro atoms. The Kier molecular flexibility index (Phi) is 5.13. The van der Waals surface area contributed by atoms with Gasteiger partial charge in [0, 0.05) is 30.6 Å². The summed E-state index contributed by atoms with van der Waals surface area (Å²) in [6.07, 6.45) is 0. The molecule has 1 aromatic carbocycles. The summed E-state index contributed by atoms with van der Waals surface area (Å²) < 4.78 is 0. The normalized spacial score (nSPS) is 21.2. The lowest BCUT2D eigenvalue weighted by atomic mass is 10.2. The average molecular weight is 299 g/mol. The van der Waals surface area contributed by atoms with Gasteiger partial charge in [0.05, 0.1) is 10.3 Å². The Morgan fingerprint density at radius 2 is 2.26 bits per heavy atom. The Balaban J connectivity index is 2.01. The van der Waals surface area contributed by atoms with Gasteiger partial charge < -0.3 is 10.2 Å². The summed E-state index contributed by atoms with van der Waals surface area (Å²) in [5.41, 5.74) is 0. The summed E-state index contributed by atoms with van der Waals surface area (Å²) in [6.45, 7) is 6.56. The first-order valence-corrected chi connectivity index (χ1v) is 7.77. The van der Waals surface area contributed by atoms with Gasteiger partial charge in [-0.2, -0.15) is 0 Å². The number of hydrogen-bond donors (Lipinski definition) is 1. The fraction of sp³-hybridized carbons (Fsp3) is 0.500. The Bertz CT molecular complexity index is 455. The zero-order valence-electron chi connectivity index (χ0n) is 11.2. The lowest BCUT2D eigenvalue weighted by Gasteiger charge is -2.35. The van der Waals surface area contributed by atoms with E-state index in [2.05, 4.69) is 12.2 Å². The summed E-state index contributed by atoms with van der Waals surface area (Å²) in [4.78, 5) is 15.4. The highest BCUT2D eigenvalue weighted by atomic mass is 35.5. The van der Waals surface area contributed by atoms with Crippen LogP contribution in [0, 0.1) is 0 Å². The first kappa shape index (κ1) is 14.7. The molecule has 5 heteroatoms. The van der Waals surface area contributed by atoms with Crippen molar-refractivity contribution in [2.45, 2.75) is 30.0 Å². The molecule has 0 saturated carbocycles. The van der Waals surface area contributed by atoms with E-state index in [0.29, 0.717) is 5.02 Å². The highest BCUT2D eigenvalue weighted by Crippen LogP contribution is 2.31. The van der Waals surface area contributed by atoms with Crippen molar-refractivity contribution in [3.05, 3.63) is 29.3 Å². The summed E-state index contributed by atoms with van der Waals surface area (Å²) >= 11 is 7.66. The molecule has 0 radical (unpaired) electrons. The number of benzene rings is 1. The average Bonchev–Trinajstić information content (AvgIpc) is 2.41. The number of hydrogen-bond acceptors (Lipinski definition) is 3. The number of piperazine rings is 1. The number of carbonyl (C=O) groups excluding carboxylic acids is 1. The van der Waals surface area contributed by atoms with Gasteiger partial charge in [-0.1, -0.05) is 23.7 Å². The second-order valence-electron chi connectivity index (χ2n) is 4.78. The van der Waals surface area contributed by atoms with Gasteiger partial charge in [0.25, 0.3) is 0 Å². The van der Waals surface area contributed by atoms with Crippen LogP contribution in [-0.2, 0) is 4.79 Å². The van der Waals surface area contributed by atoms with Crippen molar-refractivity contribution < 1.29 is 4.79 Å². The maximum absolute atomic E-state index is 12.5. The van der Waals surface area contributed by atoms with E-state index in [1.54, 1.807) is 0 Å². The van der Waals surface area contributed by atoms with E-state index in [-0.39, 0.29) is 17.2 Å². The monoisotopic (exact) mass is 298 g/mol. The van der Waals surface area contributed by atoms with E-state index in [1.807, 2.05) is 36.1 Å². The lowest BCUT2D eigenvalue weighted by Crippen LogP contribution is -2.54. The molecule has 2 rings (SSSR count). The lowest BCUT2D eigenvalue weighted by molar-refractivity contribution is -0.133. The second kappa shape index (κ2) is 6.64. The van der Waals surface area contributed by atoms with E-state index in [4.69, 9.17) is 11.6 Å². The SMILES string of the molecule is CC(Sc1ccccc1Cl)C(=O)N1CCNCC1C. The molecule has 2 atom stereocenters. The molecule has 3 nitrogen and oxygen atoms in total. The van der Waals surface area contributed by atoms with Gasteiger partial charge in [-0.05, 0) is 26.0 Å². The topological polar surface area (TPSA) is 32.3 Å². The molecule has 104 valence electrons. The Morgan fingerprint density at radius 1 is 1.53 bits per heavy atom. The van der Waals surface area contributed by atoms with Crippen molar-refractivity contribution in [1.29, 1.82) is 0 Å². The van der Waals surface area contributed by atoms with Crippen LogP contribution in [0.1, 0.15) is 13.8 Å². The number of thioether (sulfide) groups is 1. The number of carbonyl (C=O) groups is 1. The van der Waals surface area contributed by atoms with Gasteiger partial charge in [-0.3, -0.25) is 4.79 Å². The maximum atomic E-state index is 12.5. The van der Waals surface area contributed by atoms with Crippen molar-refractivity contribution in [3.63, 3.8) is 0 Å². The number of rotatable bonds is 3. The van der Waals surface area contributed by atoms with E-state index in [0.717, 1.165) is 24.5 Å². The quantitative estimate of drug-likeness (QED) is 0.871. The number of halogens is 1. The smallest absolute Gasteiger partial charge is 0.236 e. The third-order valence-electron chi connectivity index (χ3n) is 3.27. The van der Waals surface area contributed by atoms with Crippen LogP contribution >= 0.6 is 23.4 Å². The summed E-state index contributed by atoms with van der Waals surface area (Å²) in [5, 5.41) is 3.89. The molecule has 1 N–H and O–H groups in total. The second-order valence-corrected chi connectivity index (χ2v) is 6.57. The largest absolute Gasteiger partial charge is 0.336 e. The minimum absolute atomic E-state index is 0.111. The Morgan fingerprint density at radius 3 is 2.95 bits per heavy atom. The molecule has 19 heavy (non-hydrogen) atoms. The van der Waals surface area contributed by atoms with Crippen molar-refractivity contribution in [2.75, 3.05) is 19.6 Å². The fourth-order valence-electron chi connectivity index (χ4n) is 2.18. The molecule has 0 aliphatic carbocycles. The molecule has 2 unspecified atom stereocenters. The van der Waals surface area contributed by atoms with Gasteiger partial charge in [-0.15, -0.1) is 11.8 Å². The zero-order chi connectivity index (χ0) is 13.8. The molecule has 0 aromatic heterocycles. The molecule has 1 aromatic rings. The molecule has 1 aliphatic heterocycles. The Hall–Kier alpha value is -0.710. The predicted molar refractivity (Wildman–Crippen MR) is 80.8 cm³/mol. The van der Waals surface area contributed by atoms with Crippen LogP contribution in [0.15, 0.2) is 29.2 Å². The van der Waals surface area contributed by atoms with Crippen LogP contribution < -0.4 is 5.32 Å². The van der Waals surface area contributed by atoms with Gasteiger partial charge in [0.1, 0.15) is 0 Å². The summed E-state index contributed by atoms with van der Waals surface area (Å²) in [6, 6.07) is 7.92. The van der Waals surface area contributed by atoms with Crippen molar-refractivity contribution >= 4 is 29.3 Å². The van der Waals surface area contributed by atoms with E-state index < -0.39 is 0 Å². The highest BCUT2D eigenvalue weighted by molar-refractivity contribution is 8.00. The number of nitrogens with zero attached hydrogens (tertiary/aromatic N) is 1. The third kappa shape index (κ3) is 3.65. The maximum Gasteiger partial charge on any atom is 0.236 e. The van der Waals surface area contributed by atoms with E-state index in [9.17, 15) is 4.79 Å². The standard InChI is InChI=1S/C14H19ClN2OS/c1-10-9-16-7-8-17(10)14(18)11(2)19-13-6-4-3-5-12(13)15/h3-6,10-11,16H,7-9H2,1-2H3. The number of amides is 1. The predicted octanol–water partition coefficient (Wildman–Crippen LogP) is 2.64. The fourth-order valence-corrected chi connectivity index (χ4v) is 3.41. The van der Waals surface area contributed by atoms with Crippen LogP contribution in [0.3, 0.4) is 0 Å². The third-order valence-corrected chi connectivity index (χ3v) is 4.88. The summed E-state index contributed by atoms with van der Waals surface area (Å²) in [5.74, 6) is 0.193. The van der Waals surface area contributed by atoms with Crippen LogP contribution in [0.4, 0.5) is 0 Å². The van der Waals surface area contributed by atoms with Crippen molar-refractivity contribution in [1.82, 2.24) is 10.2 Å². The minimum Gasteiger partial charge on any atom is -0.336 e. The van der Waals surface area contributed by atoms with Crippen LogP contribution in [0.25, 0.3) is 0 Å². The van der Waals surface area contributed by atoms with Crippen LogP contribution in [0.5, 0.6) is 0 Å². The number of nitrogens with one attached hydrogen (secondary N) is 1. The molecule has 0 bridgehead atoms.